The summed E-state index contributed by atoms with van der Waals surface area (Å²) < 4.78 is 0. The average Bonchev–Trinajstić information content (AvgIpc) is 2.02. The van der Waals surface area contributed by atoms with Crippen molar-refractivity contribution < 1.29 is 5.11 Å². The molecule has 70 valence electrons. The molecule has 1 saturated carbocycles. The van der Waals surface area contributed by atoms with Crippen molar-refractivity contribution in [1.29, 1.82) is 0 Å². The molecular formula is C11H20O. The molecule has 1 nitrogen and oxygen atoms in total. The van der Waals surface area contributed by atoms with Gasteiger partial charge in [-0.05, 0) is 46.0 Å². The van der Waals surface area contributed by atoms with Gasteiger partial charge in [-0.15, -0.1) is 0 Å². The second kappa shape index (κ2) is 4.08. The van der Waals surface area contributed by atoms with E-state index in [2.05, 4.69) is 6.08 Å². The maximum Gasteiger partial charge on any atom is 0.0626 e. The Hall–Kier alpha value is -0.300. The van der Waals surface area contributed by atoms with E-state index in [1.165, 1.54) is 32.1 Å². The second-order valence-electron chi connectivity index (χ2n) is 4.44. The van der Waals surface area contributed by atoms with Crippen LogP contribution in [0.15, 0.2) is 11.6 Å². The van der Waals surface area contributed by atoms with Gasteiger partial charge < -0.3 is 5.11 Å². The summed E-state index contributed by atoms with van der Waals surface area (Å²) in [5.74, 6) is 0. The van der Waals surface area contributed by atoms with Crippen LogP contribution in [0, 0.1) is 0 Å². The largest absolute Gasteiger partial charge is 0.390 e. The fraction of sp³-hybridized carbons (Fsp3) is 0.818. The summed E-state index contributed by atoms with van der Waals surface area (Å²) in [5, 5.41) is 9.50. The van der Waals surface area contributed by atoms with Gasteiger partial charge in [0.25, 0.3) is 0 Å². The Morgan fingerprint density at radius 3 is 2.33 bits per heavy atom. The van der Waals surface area contributed by atoms with Crippen molar-refractivity contribution in [3.8, 4) is 0 Å². The Balaban J connectivity index is 2.35. The van der Waals surface area contributed by atoms with Crippen molar-refractivity contribution in [1.82, 2.24) is 0 Å². The highest BCUT2D eigenvalue weighted by atomic mass is 16.3. The van der Waals surface area contributed by atoms with Gasteiger partial charge in [-0.25, -0.2) is 0 Å². The molecule has 0 saturated heterocycles. The van der Waals surface area contributed by atoms with Crippen LogP contribution in [0.5, 0.6) is 0 Å². The number of hydrogen-bond donors (Lipinski definition) is 1. The maximum atomic E-state index is 9.50. The Morgan fingerprint density at radius 2 is 1.83 bits per heavy atom. The minimum Gasteiger partial charge on any atom is -0.390 e. The number of aliphatic hydroxyl groups is 1. The van der Waals surface area contributed by atoms with E-state index >= 15 is 0 Å². The van der Waals surface area contributed by atoms with Crippen LogP contribution in [-0.2, 0) is 0 Å². The molecule has 1 aliphatic rings. The molecule has 1 N–H and O–H groups in total. The lowest BCUT2D eigenvalue weighted by Gasteiger charge is -2.18. The van der Waals surface area contributed by atoms with E-state index in [1.807, 2.05) is 13.8 Å². The second-order valence-corrected chi connectivity index (χ2v) is 4.44. The average molecular weight is 168 g/mol. The van der Waals surface area contributed by atoms with Crippen LogP contribution in [-0.4, -0.2) is 10.7 Å². The molecule has 1 heteroatoms. The molecule has 1 rings (SSSR count). The predicted molar refractivity (Wildman–Crippen MR) is 52.1 cm³/mol. The van der Waals surface area contributed by atoms with Gasteiger partial charge in [-0.1, -0.05) is 18.1 Å². The Morgan fingerprint density at radius 1 is 1.25 bits per heavy atom. The molecule has 0 spiro atoms. The van der Waals surface area contributed by atoms with Crippen LogP contribution >= 0.6 is 0 Å². The first kappa shape index (κ1) is 9.79. The summed E-state index contributed by atoms with van der Waals surface area (Å²) in [6.45, 7) is 3.74. The number of rotatable bonds is 2. The Labute approximate surface area is 75.5 Å². The van der Waals surface area contributed by atoms with Crippen molar-refractivity contribution in [2.45, 2.75) is 58.0 Å². The molecule has 0 aromatic carbocycles. The van der Waals surface area contributed by atoms with E-state index in [9.17, 15) is 5.11 Å². The van der Waals surface area contributed by atoms with E-state index < -0.39 is 5.60 Å². The maximum absolute atomic E-state index is 9.50. The van der Waals surface area contributed by atoms with Crippen LogP contribution in [0.4, 0.5) is 0 Å². The van der Waals surface area contributed by atoms with Gasteiger partial charge >= 0.3 is 0 Å². The first-order valence-electron chi connectivity index (χ1n) is 4.98. The third kappa shape index (κ3) is 3.91. The van der Waals surface area contributed by atoms with Gasteiger partial charge in [-0.3, -0.25) is 0 Å². The molecule has 0 amide bonds. The van der Waals surface area contributed by atoms with Gasteiger partial charge in [-0.2, -0.15) is 0 Å². The fourth-order valence-electron chi connectivity index (χ4n) is 1.60. The molecule has 0 aromatic rings. The third-order valence-corrected chi connectivity index (χ3v) is 2.39. The van der Waals surface area contributed by atoms with Crippen LogP contribution < -0.4 is 0 Å². The SMILES string of the molecule is CC(C)(O)CC=C1CCCCC1. The quantitative estimate of drug-likeness (QED) is 0.628. The highest BCUT2D eigenvalue weighted by Crippen LogP contribution is 2.24. The molecule has 0 atom stereocenters. The number of hydrogen-bond acceptors (Lipinski definition) is 1. The van der Waals surface area contributed by atoms with E-state index in [-0.39, 0.29) is 0 Å². The smallest absolute Gasteiger partial charge is 0.0626 e. The van der Waals surface area contributed by atoms with Crippen LogP contribution in [0.3, 0.4) is 0 Å². The highest BCUT2D eigenvalue weighted by molar-refractivity contribution is 5.05. The molecule has 0 bridgehead atoms. The molecule has 12 heavy (non-hydrogen) atoms. The highest BCUT2D eigenvalue weighted by Gasteiger charge is 2.11. The minimum atomic E-state index is -0.523. The molecule has 1 aliphatic carbocycles. The lowest BCUT2D eigenvalue weighted by atomic mass is 9.92. The van der Waals surface area contributed by atoms with E-state index in [1.54, 1.807) is 5.57 Å². The molecule has 0 aromatic heterocycles. The zero-order valence-corrected chi connectivity index (χ0v) is 8.27. The lowest BCUT2D eigenvalue weighted by Crippen LogP contribution is -2.17. The summed E-state index contributed by atoms with van der Waals surface area (Å²) >= 11 is 0. The van der Waals surface area contributed by atoms with Crippen molar-refractivity contribution in [3.05, 3.63) is 11.6 Å². The van der Waals surface area contributed by atoms with Gasteiger partial charge in [0.05, 0.1) is 5.60 Å². The van der Waals surface area contributed by atoms with Gasteiger partial charge in [0.1, 0.15) is 0 Å². The van der Waals surface area contributed by atoms with Gasteiger partial charge in [0.15, 0.2) is 0 Å². The molecule has 0 radical (unpaired) electrons. The first-order valence-corrected chi connectivity index (χ1v) is 4.98. The van der Waals surface area contributed by atoms with E-state index in [4.69, 9.17) is 0 Å². The zero-order valence-electron chi connectivity index (χ0n) is 8.27. The molecule has 0 unspecified atom stereocenters. The standard InChI is InChI=1S/C11H20O/c1-11(2,12)9-8-10-6-4-3-5-7-10/h8,12H,3-7,9H2,1-2H3. The van der Waals surface area contributed by atoms with Crippen LogP contribution in [0.2, 0.25) is 0 Å². The normalized spacial score (nSPS) is 19.4. The summed E-state index contributed by atoms with van der Waals surface area (Å²) in [7, 11) is 0. The summed E-state index contributed by atoms with van der Waals surface area (Å²) in [4.78, 5) is 0. The van der Waals surface area contributed by atoms with Gasteiger partial charge in [0.2, 0.25) is 0 Å². The van der Waals surface area contributed by atoms with Crippen molar-refractivity contribution in [3.63, 3.8) is 0 Å². The van der Waals surface area contributed by atoms with E-state index in [0.29, 0.717) is 0 Å². The van der Waals surface area contributed by atoms with Crippen molar-refractivity contribution >= 4 is 0 Å². The Bertz CT molecular complexity index is 154. The fourth-order valence-corrected chi connectivity index (χ4v) is 1.60. The van der Waals surface area contributed by atoms with Crippen molar-refractivity contribution in [2.75, 3.05) is 0 Å². The van der Waals surface area contributed by atoms with E-state index in [0.717, 1.165) is 6.42 Å². The molecule has 1 fully saturated rings. The monoisotopic (exact) mass is 168 g/mol. The minimum absolute atomic E-state index is 0.523. The van der Waals surface area contributed by atoms with Crippen LogP contribution in [0.1, 0.15) is 52.4 Å². The lowest BCUT2D eigenvalue weighted by molar-refractivity contribution is 0.0835. The zero-order chi connectivity index (χ0) is 9.03. The number of allylic oxidation sites excluding steroid dienone is 1. The molecular weight excluding hydrogens is 148 g/mol. The molecule has 0 heterocycles. The summed E-state index contributed by atoms with van der Waals surface area (Å²) in [5.41, 5.74) is 1.04. The summed E-state index contributed by atoms with van der Waals surface area (Å²) in [6.07, 6.45) is 9.64. The van der Waals surface area contributed by atoms with Crippen LogP contribution in [0.25, 0.3) is 0 Å². The summed E-state index contributed by atoms with van der Waals surface area (Å²) in [6, 6.07) is 0. The molecule has 0 aliphatic heterocycles. The Kier molecular flexibility index (Phi) is 3.33. The van der Waals surface area contributed by atoms with Gasteiger partial charge in [0, 0.05) is 0 Å². The van der Waals surface area contributed by atoms with Crippen molar-refractivity contribution in [2.24, 2.45) is 0 Å². The topological polar surface area (TPSA) is 20.2 Å². The third-order valence-electron chi connectivity index (χ3n) is 2.39. The first-order chi connectivity index (χ1) is 5.58. The predicted octanol–water partition coefficient (Wildman–Crippen LogP) is 3.04.